The lowest BCUT2D eigenvalue weighted by Gasteiger charge is -2.12. The highest BCUT2D eigenvalue weighted by atomic mass is 16.5. The van der Waals surface area contributed by atoms with Crippen molar-refractivity contribution in [3.05, 3.63) is 72.1 Å². The average Bonchev–Trinajstić information content (AvgIpc) is 3.24. The third-order valence-corrected chi connectivity index (χ3v) is 4.43. The van der Waals surface area contributed by atoms with Crippen molar-refractivity contribution >= 4 is 5.96 Å². The van der Waals surface area contributed by atoms with Crippen LogP contribution < -0.4 is 15.4 Å². The molecule has 2 heterocycles. The number of aryl methyl sites for hydroxylation is 1. The van der Waals surface area contributed by atoms with Crippen molar-refractivity contribution in [1.29, 1.82) is 0 Å². The predicted molar refractivity (Wildman–Crippen MR) is 117 cm³/mol. The second-order valence-electron chi connectivity index (χ2n) is 6.67. The first-order valence-electron chi connectivity index (χ1n) is 10.3. The maximum atomic E-state index is 5.86. The molecule has 0 aliphatic rings. The summed E-state index contributed by atoms with van der Waals surface area (Å²) in [4.78, 5) is 8.97. The van der Waals surface area contributed by atoms with E-state index in [9.17, 15) is 0 Å². The summed E-state index contributed by atoms with van der Waals surface area (Å²) in [5.74, 6) is 2.58. The average molecular weight is 408 g/mol. The Kier molecular flexibility index (Phi) is 8.20. The fourth-order valence-electron chi connectivity index (χ4n) is 2.92. The van der Waals surface area contributed by atoms with Gasteiger partial charge in [0, 0.05) is 32.3 Å². The Hall–Kier alpha value is -3.42. The number of nitrogens with one attached hydrogen (secondary N) is 2. The zero-order chi connectivity index (χ0) is 21.0. The van der Waals surface area contributed by atoms with E-state index in [1.165, 1.54) is 0 Å². The van der Waals surface area contributed by atoms with E-state index < -0.39 is 0 Å². The molecule has 0 aliphatic carbocycles. The molecular formula is C22H29N7O. The molecule has 0 saturated heterocycles. The molecule has 3 aromatic rings. The highest BCUT2D eigenvalue weighted by Crippen LogP contribution is 2.15. The first-order valence-corrected chi connectivity index (χ1v) is 10.3. The minimum Gasteiger partial charge on any atom is -0.487 e. The Labute approximate surface area is 177 Å². The van der Waals surface area contributed by atoms with Crippen LogP contribution in [-0.4, -0.2) is 38.8 Å². The van der Waals surface area contributed by atoms with Gasteiger partial charge in [-0.15, -0.1) is 10.2 Å². The number of hydrogen-bond donors (Lipinski definition) is 2. The second kappa shape index (κ2) is 11.5. The molecule has 158 valence electrons. The molecule has 0 spiro atoms. The number of nitrogens with zero attached hydrogens (tertiary/aromatic N) is 5. The molecular weight excluding hydrogens is 378 g/mol. The Morgan fingerprint density at radius 3 is 2.87 bits per heavy atom. The molecule has 0 atom stereocenters. The summed E-state index contributed by atoms with van der Waals surface area (Å²) in [7, 11) is 0. The van der Waals surface area contributed by atoms with Crippen molar-refractivity contribution in [3.63, 3.8) is 0 Å². The van der Waals surface area contributed by atoms with Gasteiger partial charge in [0.2, 0.25) is 0 Å². The highest BCUT2D eigenvalue weighted by Gasteiger charge is 2.03. The smallest absolute Gasteiger partial charge is 0.191 e. The van der Waals surface area contributed by atoms with E-state index >= 15 is 0 Å². The first-order chi connectivity index (χ1) is 14.8. The van der Waals surface area contributed by atoms with Crippen LogP contribution >= 0.6 is 0 Å². The van der Waals surface area contributed by atoms with Gasteiger partial charge in [0.05, 0.1) is 12.2 Å². The third-order valence-electron chi connectivity index (χ3n) is 4.43. The van der Waals surface area contributed by atoms with Gasteiger partial charge in [-0.3, -0.25) is 4.98 Å². The number of guanidine groups is 1. The minimum absolute atomic E-state index is 0.445. The highest BCUT2D eigenvalue weighted by molar-refractivity contribution is 5.79. The number of rotatable bonds is 10. The number of pyridine rings is 1. The van der Waals surface area contributed by atoms with Gasteiger partial charge in [-0.2, -0.15) is 0 Å². The minimum atomic E-state index is 0.445. The number of benzene rings is 1. The molecule has 3 rings (SSSR count). The van der Waals surface area contributed by atoms with Crippen LogP contribution in [0.15, 0.2) is 60.0 Å². The summed E-state index contributed by atoms with van der Waals surface area (Å²) < 4.78 is 7.91. The molecule has 0 unspecified atom stereocenters. The van der Waals surface area contributed by atoms with Gasteiger partial charge in [-0.05, 0) is 36.8 Å². The lowest BCUT2D eigenvalue weighted by atomic mass is 10.2. The molecule has 2 aromatic heterocycles. The molecule has 0 saturated carbocycles. The van der Waals surface area contributed by atoms with Crippen LogP contribution in [-0.2, 0) is 26.1 Å². The lowest BCUT2D eigenvalue weighted by Crippen LogP contribution is -2.38. The van der Waals surface area contributed by atoms with Crippen molar-refractivity contribution in [2.24, 2.45) is 4.99 Å². The normalized spacial score (nSPS) is 11.3. The fourth-order valence-corrected chi connectivity index (χ4v) is 2.92. The molecule has 0 bridgehead atoms. The molecule has 1 aromatic carbocycles. The van der Waals surface area contributed by atoms with Crippen LogP contribution in [0.3, 0.4) is 0 Å². The van der Waals surface area contributed by atoms with E-state index in [0.29, 0.717) is 13.2 Å². The topological polar surface area (TPSA) is 89.3 Å². The van der Waals surface area contributed by atoms with Crippen LogP contribution in [0.1, 0.15) is 30.9 Å². The summed E-state index contributed by atoms with van der Waals surface area (Å²) in [6.07, 6.45) is 4.40. The molecule has 0 amide bonds. The second-order valence-corrected chi connectivity index (χ2v) is 6.67. The summed E-state index contributed by atoms with van der Waals surface area (Å²) in [6.45, 7) is 7.46. The van der Waals surface area contributed by atoms with E-state index in [1.54, 1.807) is 12.5 Å². The van der Waals surface area contributed by atoms with E-state index in [1.807, 2.05) is 42.5 Å². The van der Waals surface area contributed by atoms with Crippen molar-refractivity contribution < 1.29 is 4.74 Å². The number of aliphatic imine (C=N–C) groups is 1. The molecule has 8 heteroatoms. The summed E-state index contributed by atoms with van der Waals surface area (Å²) in [5, 5.41) is 14.7. The van der Waals surface area contributed by atoms with Gasteiger partial charge in [0.25, 0.3) is 0 Å². The largest absolute Gasteiger partial charge is 0.487 e. The van der Waals surface area contributed by atoms with Crippen molar-refractivity contribution in [3.8, 4) is 5.75 Å². The lowest BCUT2D eigenvalue weighted by molar-refractivity contribution is 0.301. The summed E-state index contributed by atoms with van der Waals surface area (Å²) >= 11 is 0. The van der Waals surface area contributed by atoms with Crippen molar-refractivity contribution in [1.82, 2.24) is 30.4 Å². The van der Waals surface area contributed by atoms with E-state index in [4.69, 9.17) is 9.73 Å². The van der Waals surface area contributed by atoms with Crippen LogP contribution in [0.2, 0.25) is 0 Å². The number of ether oxygens (including phenoxy) is 1. The SMILES string of the molecule is CCNC(=NCc1cccc(OCc2ccccn2)c1)NCCn1cnnc1CC. The molecule has 2 N–H and O–H groups in total. The van der Waals surface area contributed by atoms with Gasteiger partial charge in [0.15, 0.2) is 5.96 Å². The van der Waals surface area contributed by atoms with Gasteiger partial charge in [0.1, 0.15) is 24.5 Å². The molecule has 0 fully saturated rings. The van der Waals surface area contributed by atoms with Gasteiger partial charge in [-0.1, -0.05) is 25.1 Å². The van der Waals surface area contributed by atoms with E-state index in [-0.39, 0.29) is 0 Å². The maximum Gasteiger partial charge on any atom is 0.191 e. The Bertz CT molecular complexity index is 924. The predicted octanol–water partition coefficient (Wildman–Crippen LogP) is 2.57. The maximum absolute atomic E-state index is 5.86. The first kappa shape index (κ1) is 21.3. The van der Waals surface area contributed by atoms with Crippen LogP contribution in [0, 0.1) is 0 Å². The summed E-state index contributed by atoms with van der Waals surface area (Å²) in [5.41, 5.74) is 1.98. The zero-order valence-electron chi connectivity index (χ0n) is 17.6. The quantitative estimate of drug-likeness (QED) is 0.397. The van der Waals surface area contributed by atoms with Gasteiger partial charge < -0.3 is 19.9 Å². The molecule has 0 radical (unpaired) electrons. The standard InChI is InChI=1S/C22H29N7O/c1-3-21-28-27-17-29(21)13-12-25-22(23-4-2)26-15-18-8-7-10-20(14-18)30-16-19-9-5-6-11-24-19/h5-11,14,17H,3-4,12-13,15-16H2,1-2H3,(H2,23,25,26). The van der Waals surface area contributed by atoms with Crippen LogP contribution in [0.4, 0.5) is 0 Å². The Morgan fingerprint density at radius 2 is 2.07 bits per heavy atom. The molecule has 8 nitrogen and oxygen atoms in total. The Morgan fingerprint density at radius 1 is 1.13 bits per heavy atom. The van der Waals surface area contributed by atoms with Gasteiger partial charge in [-0.25, -0.2) is 4.99 Å². The van der Waals surface area contributed by atoms with Gasteiger partial charge >= 0.3 is 0 Å². The Balaban J connectivity index is 1.53. The molecule has 30 heavy (non-hydrogen) atoms. The van der Waals surface area contributed by atoms with Crippen molar-refractivity contribution in [2.45, 2.75) is 40.0 Å². The van der Waals surface area contributed by atoms with Crippen molar-refractivity contribution in [2.75, 3.05) is 13.1 Å². The monoisotopic (exact) mass is 407 g/mol. The van der Waals surface area contributed by atoms with E-state index in [0.717, 1.165) is 54.8 Å². The third kappa shape index (κ3) is 6.58. The van der Waals surface area contributed by atoms with E-state index in [2.05, 4.69) is 44.2 Å². The fraction of sp³-hybridized carbons (Fsp3) is 0.364. The number of aromatic nitrogens is 4. The summed E-state index contributed by atoms with van der Waals surface area (Å²) in [6, 6.07) is 13.8. The number of hydrogen-bond acceptors (Lipinski definition) is 5. The van der Waals surface area contributed by atoms with Crippen LogP contribution in [0.5, 0.6) is 5.75 Å². The molecule has 0 aliphatic heterocycles. The zero-order valence-corrected chi connectivity index (χ0v) is 17.6. The van der Waals surface area contributed by atoms with Crippen LogP contribution in [0.25, 0.3) is 0 Å².